The summed E-state index contributed by atoms with van der Waals surface area (Å²) in [5.41, 5.74) is 1.89. The van der Waals surface area contributed by atoms with Gasteiger partial charge in [0.15, 0.2) is 0 Å². The Labute approximate surface area is 115 Å². The molecule has 2 rings (SSSR count). The summed E-state index contributed by atoms with van der Waals surface area (Å²) in [6.45, 7) is 6.53. The van der Waals surface area contributed by atoms with E-state index in [-0.39, 0.29) is 6.54 Å². The van der Waals surface area contributed by atoms with Crippen molar-refractivity contribution in [3.63, 3.8) is 0 Å². The molecule has 104 valence electrons. The highest BCUT2D eigenvalue weighted by molar-refractivity contribution is 7.89. The maximum absolute atomic E-state index is 12.0. The zero-order valence-electron chi connectivity index (χ0n) is 11.1. The lowest BCUT2D eigenvalue weighted by molar-refractivity contribution is 0.584. The lowest BCUT2D eigenvalue weighted by atomic mass is 10.2. The molecule has 4 nitrogen and oxygen atoms in total. The highest BCUT2D eigenvalue weighted by Crippen LogP contribution is 2.19. The van der Waals surface area contributed by atoms with Crippen molar-refractivity contribution >= 4 is 10.0 Å². The minimum absolute atomic E-state index is 0.271. The quantitative estimate of drug-likeness (QED) is 0.749. The van der Waals surface area contributed by atoms with E-state index in [4.69, 9.17) is 0 Å². The fraction of sp³-hybridized carbons (Fsp3) is 0.429. The van der Waals surface area contributed by atoms with Crippen LogP contribution in [0.3, 0.4) is 0 Å². The average molecular weight is 280 g/mol. The Bertz CT molecular complexity index is 545. The van der Waals surface area contributed by atoms with Crippen LogP contribution in [0.5, 0.6) is 0 Å². The van der Waals surface area contributed by atoms with E-state index in [0.29, 0.717) is 10.9 Å². The van der Waals surface area contributed by atoms with Gasteiger partial charge in [-0.05, 0) is 37.5 Å². The van der Waals surface area contributed by atoms with Crippen LogP contribution in [0.1, 0.15) is 25.3 Å². The van der Waals surface area contributed by atoms with Gasteiger partial charge in [-0.1, -0.05) is 24.3 Å². The molecule has 2 N–H and O–H groups in total. The zero-order valence-corrected chi connectivity index (χ0v) is 12.0. The minimum Gasteiger partial charge on any atom is -0.310 e. The summed E-state index contributed by atoms with van der Waals surface area (Å²) in [7, 11) is -3.42. The molecular weight excluding hydrogens is 260 g/mol. The highest BCUT2D eigenvalue weighted by Gasteiger charge is 2.20. The molecule has 1 saturated carbocycles. The first-order valence-electron chi connectivity index (χ1n) is 6.44. The molecule has 0 saturated heterocycles. The second-order valence-electron chi connectivity index (χ2n) is 5.08. The third-order valence-electron chi connectivity index (χ3n) is 2.97. The molecule has 0 amide bonds. The predicted octanol–water partition coefficient (Wildman–Crippen LogP) is 1.79. The van der Waals surface area contributed by atoms with Gasteiger partial charge in [0.1, 0.15) is 0 Å². The molecule has 0 heterocycles. The molecular formula is C14H20N2O2S. The second kappa shape index (κ2) is 5.86. The fourth-order valence-electron chi connectivity index (χ4n) is 1.64. The number of benzene rings is 1. The highest BCUT2D eigenvalue weighted by atomic mass is 32.2. The largest absolute Gasteiger partial charge is 0.310 e. The van der Waals surface area contributed by atoms with E-state index in [0.717, 1.165) is 17.7 Å². The summed E-state index contributed by atoms with van der Waals surface area (Å²) < 4.78 is 26.4. The lowest BCUT2D eigenvalue weighted by Crippen LogP contribution is -2.25. The van der Waals surface area contributed by atoms with E-state index in [1.54, 1.807) is 19.1 Å². The minimum atomic E-state index is -3.42. The van der Waals surface area contributed by atoms with Crippen LogP contribution in [-0.2, 0) is 16.6 Å². The van der Waals surface area contributed by atoms with Crippen LogP contribution < -0.4 is 10.0 Å². The average Bonchev–Trinajstić information content (AvgIpc) is 3.19. The molecule has 1 aliphatic carbocycles. The molecule has 1 aromatic carbocycles. The third kappa shape index (κ3) is 4.45. The van der Waals surface area contributed by atoms with Crippen LogP contribution >= 0.6 is 0 Å². The number of sulfonamides is 1. The van der Waals surface area contributed by atoms with E-state index in [9.17, 15) is 8.42 Å². The van der Waals surface area contributed by atoms with Crippen LogP contribution in [0.15, 0.2) is 41.3 Å². The van der Waals surface area contributed by atoms with Crippen molar-refractivity contribution in [2.45, 2.75) is 37.2 Å². The van der Waals surface area contributed by atoms with Gasteiger partial charge in [-0.25, -0.2) is 13.1 Å². The SMILES string of the molecule is C=C(C)CNS(=O)(=O)c1ccc(CNC2CC2)cc1. The second-order valence-corrected chi connectivity index (χ2v) is 6.85. The standard InChI is InChI=1S/C14H20N2O2S/c1-11(2)9-16-19(17,18)14-7-3-12(4-8-14)10-15-13-5-6-13/h3-4,7-8,13,15-16H,1,5-6,9-10H2,2H3. The van der Waals surface area contributed by atoms with Gasteiger partial charge in [0.25, 0.3) is 0 Å². The number of hydrogen-bond donors (Lipinski definition) is 2. The summed E-state index contributed by atoms with van der Waals surface area (Å²) in [6, 6.07) is 7.64. The summed E-state index contributed by atoms with van der Waals surface area (Å²) in [5, 5.41) is 3.39. The number of nitrogens with one attached hydrogen (secondary N) is 2. The Balaban J connectivity index is 1.97. The van der Waals surface area contributed by atoms with E-state index in [1.807, 2.05) is 12.1 Å². The topological polar surface area (TPSA) is 58.2 Å². The molecule has 1 aromatic rings. The van der Waals surface area contributed by atoms with Gasteiger partial charge in [0.2, 0.25) is 10.0 Å². The molecule has 0 unspecified atom stereocenters. The third-order valence-corrected chi connectivity index (χ3v) is 4.39. The summed E-state index contributed by atoms with van der Waals surface area (Å²) >= 11 is 0. The fourth-order valence-corrected chi connectivity index (χ4v) is 2.74. The van der Waals surface area contributed by atoms with Crippen LogP contribution in [0.4, 0.5) is 0 Å². The molecule has 0 bridgehead atoms. The van der Waals surface area contributed by atoms with Gasteiger partial charge in [-0.2, -0.15) is 0 Å². The van der Waals surface area contributed by atoms with Crippen molar-refractivity contribution in [3.8, 4) is 0 Å². The maximum Gasteiger partial charge on any atom is 0.240 e. The molecule has 0 radical (unpaired) electrons. The molecule has 1 fully saturated rings. The molecule has 0 spiro atoms. The van der Waals surface area contributed by atoms with Gasteiger partial charge >= 0.3 is 0 Å². The van der Waals surface area contributed by atoms with E-state index < -0.39 is 10.0 Å². The molecule has 0 aromatic heterocycles. The molecule has 0 atom stereocenters. The maximum atomic E-state index is 12.0. The van der Waals surface area contributed by atoms with Crippen LogP contribution in [0, 0.1) is 0 Å². The van der Waals surface area contributed by atoms with Crippen LogP contribution in [0.25, 0.3) is 0 Å². The summed E-state index contributed by atoms with van der Waals surface area (Å²) in [4.78, 5) is 0.295. The Kier molecular flexibility index (Phi) is 4.39. The van der Waals surface area contributed by atoms with Crippen LogP contribution in [-0.4, -0.2) is 21.0 Å². The first kappa shape index (κ1) is 14.2. The molecule has 5 heteroatoms. The summed E-state index contributed by atoms with van der Waals surface area (Å²) in [5.74, 6) is 0. The lowest BCUT2D eigenvalue weighted by Gasteiger charge is -2.08. The molecule has 19 heavy (non-hydrogen) atoms. The predicted molar refractivity (Wildman–Crippen MR) is 76.3 cm³/mol. The number of rotatable bonds is 7. The Hall–Kier alpha value is -1.17. The van der Waals surface area contributed by atoms with Gasteiger partial charge in [0, 0.05) is 19.1 Å². The van der Waals surface area contributed by atoms with E-state index in [2.05, 4.69) is 16.6 Å². The van der Waals surface area contributed by atoms with Gasteiger partial charge in [-0.15, -0.1) is 0 Å². The Morgan fingerprint density at radius 3 is 2.47 bits per heavy atom. The van der Waals surface area contributed by atoms with Crippen molar-refractivity contribution in [2.75, 3.05) is 6.54 Å². The van der Waals surface area contributed by atoms with Crippen molar-refractivity contribution in [1.29, 1.82) is 0 Å². The van der Waals surface area contributed by atoms with Crippen molar-refractivity contribution < 1.29 is 8.42 Å². The molecule has 0 aliphatic heterocycles. The van der Waals surface area contributed by atoms with Crippen molar-refractivity contribution in [2.24, 2.45) is 0 Å². The van der Waals surface area contributed by atoms with E-state index in [1.165, 1.54) is 12.8 Å². The van der Waals surface area contributed by atoms with Gasteiger partial charge in [-0.3, -0.25) is 0 Å². The zero-order chi connectivity index (χ0) is 13.9. The van der Waals surface area contributed by atoms with Crippen LogP contribution in [0.2, 0.25) is 0 Å². The van der Waals surface area contributed by atoms with Gasteiger partial charge < -0.3 is 5.32 Å². The Morgan fingerprint density at radius 1 is 1.32 bits per heavy atom. The number of hydrogen-bond acceptors (Lipinski definition) is 3. The summed E-state index contributed by atoms with van der Waals surface area (Å²) in [6.07, 6.45) is 2.49. The Morgan fingerprint density at radius 2 is 1.95 bits per heavy atom. The molecule has 1 aliphatic rings. The van der Waals surface area contributed by atoms with Crippen molar-refractivity contribution in [1.82, 2.24) is 10.0 Å². The first-order valence-corrected chi connectivity index (χ1v) is 7.92. The van der Waals surface area contributed by atoms with Gasteiger partial charge in [0.05, 0.1) is 4.90 Å². The van der Waals surface area contributed by atoms with E-state index >= 15 is 0 Å². The monoisotopic (exact) mass is 280 g/mol. The first-order chi connectivity index (χ1) is 8.97. The van der Waals surface area contributed by atoms with Crippen molar-refractivity contribution in [3.05, 3.63) is 42.0 Å². The normalized spacial score (nSPS) is 15.4. The smallest absolute Gasteiger partial charge is 0.240 e.